The zero-order valence-corrected chi connectivity index (χ0v) is 16.4. The Bertz CT molecular complexity index is 95.3. The fourth-order valence-electron chi connectivity index (χ4n) is 1.68. The predicted molar refractivity (Wildman–Crippen MR) is 91.1 cm³/mol. The molecule has 0 saturated carbocycles. The summed E-state index contributed by atoms with van der Waals surface area (Å²) in [5, 5.41) is 6.15. The Morgan fingerprint density at radius 3 is 0.842 bits per heavy atom. The average Bonchev–Trinajstić information content (AvgIpc) is 2.39. The van der Waals surface area contributed by atoms with Crippen LogP contribution < -0.4 is 0 Å². The van der Waals surface area contributed by atoms with Crippen LogP contribution in [0.5, 0.6) is 0 Å². The van der Waals surface area contributed by atoms with Crippen molar-refractivity contribution in [2.24, 2.45) is 0 Å². The van der Waals surface area contributed by atoms with Crippen LogP contribution in [0, 0.1) is 0 Å². The second-order valence-electron chi connectivity index (χ2n) is 5.15. The third-order valence-corrected chi connectivity index (χ3v) is 6.31. The summed E-state index contributed by atoms with van der Waals surface area (Å²) < 4.78 is 0. The van der Waals surface area contributed by atoms with Gasteiger partial charge in [0.05, 0.1) is 0 Å². The van der Waals surface area contributed by atoms with E-state index in [1.54, 1.807) is 0 Å². The summed E-state index contributed by atoms with van der Waals surface area (Å²) in [7, 11) is 0. The van der Waals surface area contributed by atoms with E-state index in [4.69, 9.17) is 0 Å². The van der Waals surface area contributed by atoms with Gasteiger partial charge >= 0.3 is 131 Å². The van der Waals surface area contributed by atoms with Crippen molar-refractivity contribution in [2.75, 3.05) is 0 Å². The minimum Gasteiger partial charge on any atom is -2.00 e. The summed E-state index contributed by atoms with van der Waals surface area (Å²) >= 11 is 1.64. The largest absolute Gasteiger partial charge is 2.00 e. The fraction of sp³-hybridized carbons (Fsp3) is 1.00. The molecule has 0 N–H and O–H groups in total. The van der Waals surface area contributed by atoms with Crippen LogP contribution in [0.4, 0.5) is 0 Å². The molecule has 0 radical (unpaired) electrons. The number of unbranched alkanes of at least 4 members (excludes halogenated alkanes) is 4. The van der Waals surface area contributed by atoms with Crippen molar-refractivity contribution < 1.29 is 5.48 Å². The molecular formula is C16H36Al2O. The first-order valence-corrected chi connectivity index (χ1v) is 11.7. The van der Waals surface area contributed by atoms with Gasteiger partial charge in [-0.3, -0.25) is 0 Å². The molecule has 0 spiro atoms. The maximum Gasteiger partial charge on any atom is -2.00 e. The van der Waals surface area contributed by atoms with E-state index in [9.17, 15) is 0 Å². The standard InChI is InChI=1S/4C4H9.2Al.O/c4*1-3-4-2;;;/h4*1,3-4H2,2H3;;;/q;;;;2*+1;-2. The molecule has 0 heterocycles. The molecule has 0 aromatic carbocycles. The van der Waals surface area contributed by atoms with E-state index in [0.717, 1.165) is 30.4 Å². The third kappa shape index (κ3) is 32.5. The van der Waals surface area contributed by atoms with Gasteiger partial charge in [0, 0.05) is 0 Å². The molecule has 0 fully saturated rings. The summed E-state index contributed by atoms with van der Waals surface area (Å²) in [5.41, 5.74) is 0. The quantitative estimate of drug-likeness (QED) is 0.306. The normalized spacial score (nSPS) is 8.63. The molecule has 0 aromatic heterocycles. The van der Waals surface area contributed by atoms with Crippen LogP contribution in [0.25, 0.3) is 0 Å². The number of hydrogen-bond acceptors (Lipinski definition) is 0. The van der Waals surface area contributed by atoms with Gasteiger partial charge in [-0.2, -0.15) is 0 Å². The van der Waals surface area contributed by atoms with Crippen LogP contribution in [0.15, 0.2) is 0 Å². The van der Waals surface area contributed by atoms with Crippen LogP contribution in [0.1, 0.15) is 79.1 Å². The molecule has 0 aliphatic rings. The summed E-state index contributed by atoms with van der Waals surface area (Å²) in [6.45, 7) is 9.11. The SMILES string of the molecule is CCC[CH2][Al+][CH2]CCC.CCC[CH2][Al+][CH2]CCC.[O-2]. The minimum absolute atomic E-state index is 0. The molecule has 0 unspecified atom stereocenters. The van der Waals surface area contributed by atoms with E-state index in [0.29, 0.717) is 0 Å². The van der Waals surface area contributed by atoms with Crippen molar-refractivity contribution >= 4 is 30.4 Å². The Balaban J connectivity index is -0.000000256. The first-order valence-electron chi connectivity index (χ1n) is 8.46. The van der Waals surface area contributed by atoms with E-state index in [1.807, 2.05) is 0 Å². The van der Waals surface area contributed by atoms with Gasteiger partial charge in [0.25, 0.3) is 0 Å². The van der Waals surface area contributed by atoms with Crippen LogP contribution in [0.2, 0.25) is 21.1 Å². The second-order valence-corrected chi connectivity index (χ2v) is 8.61. The Hall–Kier alpha value is 1.02. The van der Waals surface area contributed by atoms with Gasteiger partial charge < -0.3 is 5.48 Å². The number of rotatable bonds is 12. The van der Waals surface area contributed by atoms with Crippen molar-refractivity contribution in [3.8, 4) is 0 Å². The molecule has 112 valence electrons. The van der Waals surface area contributed by atoms with Crippen molar-refractivity contribution in [3.63, 3.8) is 0 Å². The molecule has 0 saturated heterocycles. The fourth-order valence-corrected chi connectivity index (χ4v) is 5.05. The molecule has 0 rings (SSSR count). The van der Waals surface area contributed by atoms with Gasteiger partial charge in [-0.15, -0.1) is 0 Å². The Labute approximate surface area is 136 Å². The van der Waals surface area contributed by atoms with Gasteiger partial charge in [-0.05, 0) is 0 Å². The first kappa shape index (κ1) is 25.0. The first-order chi connectivity index (χ1) is 8.83. The summed E-state index contributed by atoms with van der Waals surface area (Å²) in [4.78, 5) is 0. The van der Waals surface area contributed by atoms with Crippen molar-refractivity contribution in [1.82, 2.24) is 0 Å². The predicted octanol–water partition coefficient (Wildman–Crippen LogP) is 6.14. The van der Waals surface area contributed by atoms with Gasteiger partial charge in [-0.1, -0.05) is 0 Å². The zero-order chi connectivity index (χ0) is 13.9. The zero-order valence-electron chi connectivity index (χ0n) is 14.0. The van der Waals surface area contributed by atoms with E-state index in [1.165, 1.54) is 72.5 Å². The van der Waals surface area contributed by atoms with E-state index >= 15 is 0 Å². The topological polar surface area (TPSA) is 28.5 Å². The van der Waals surface area contributed by atoms with E-state index < -0.39 is 0 Å². The summed E-state index contributed by atoms with van der Waals surface area (Å²) in [6, 6.07) is 0. The van der Waals surface area contributed by atoms with Crippen LogP contribution >= 0.6 is 0 Å². The molecule has 0 aliphatic carbocycles. The monoisotopic (exact) mass is 298 g/mol. The molecule has 0 amide bonds. The van der Waals surface area contributed by atoms with Crippen LogP contribution in [-0.2, 0) is 5.48 Å². The molecule has 3 heteroatoms. The molecular weight excluding hydrogens is 262 g/mol. The van der Waals surface area contributed by atoms with Crippen LogP contribution in [-0.4, -0.2) is 30.4 Å². The molecule has 1 nitrogen and oxygen atoms in total. The molecule has 19 heavy (non-hydrogen) atoms. The van der Waals surface area contributed by atoms with E-state index in [2.05, 4.69) is 27.7 Å². The molecule has 0 aromatic rings. The molecule has 0 bridgehead atoms. The van der Waals surface area contributed by atoms with Crippen LogP contribution in [0.3, 0.4) is 0 Å². The average molecular weight is 298 g/mol. The summed E-state index contributed by atoms with van der Waals surface area (Å²) in [6.07, 6.45) is 11.4. The molecule has 0 atom stereocenters. The third-order valence-electron chi connectivity index (χ3n) is 3.05. The van der Waals surface area contributed by atoms with Crippen molar-refractivity contribution in [2.45, 2.75) is 100 Å². The Morgan fingerprint density at radius 2 is 0.684 bits per heavy atom. The smallest absolute Gasteiger partial charge is 2.00 e. The van der Waals surface area contributed by atoms with Gasteiger partial charge in [-0.25, -0.2) is 0 Å². The van der Waals surface area contributed by atoms with Crippen molar-refractivity contribution in [1.29, 1.82) is 0 Å². The Morgan fingerprint density at radius 1 is 0.474 bits per heavy atom. The maximum absolute atomic E-state index is 2.28. The maximum atomic E-state index is 2.28. The van der Waals surface area contributed by atoms with E-state index in [-0.39, 0.29) is 5.48 Å². The van der Waals surface area contributed by atoms with Gasteiger partial charge in [0.15, 0.2) is 0 Å². The second kappa shape index (κ2) is 27.4. The van der Waals surface area contributed by atoms with Gasteiger partial charge in [0.2, 0.25) is 0 Å². The summed E-state index contributed by atoms with van der Waals surface area (Å²) in [5.74, 6) is 0. The molecule has 0 aliphatic heterocycles. The minimum atomic E-state index is 0. The number of hydrogen-bond donors (Lipinski definition) is 0. The van der Waals surface area contributed by atoms with Crippen molar-refractivity contribution in [3.05, 3.63) is 0 Å². The Kier molecular flexibility index (Phi) is 36.0. The van der Waals surface area contributed by atoms with Gasteiger partial charge in [0.1, 0.15) is 0 Å².